The molecule has 6 atom stereocenters. The number of rotatable bonds is 39. The van der Waals surface area contributed by atoms with E-state index in [9.17, 15) is 25.2 Å². The van der Waals surface area contributed by atoms with Gasteiger partial charge in [-0.15, -0.1) is 0 Å². The van der Waals surface area contributed by atoms with Crippen LogP contribution in [0, 0.1) is 0 Å². The van der Waals surface area contributed by atoms with Crippen LogP contribution in [0.15, 0.2) is 24.3 Å². The van der Waals surface area contributed by atoms with Gasteiger partial charge in [-0.3, -0.25) is 4.79 Å². The zero-order valence-corrected chi connectivity index (χ0v) is 35.4. The van der Waals surface area contributed by atoms with Crippen molar-refractivity contribution in [2.45, 2.75) is 237 Å². The van der Waals surface area contributed by atoms with Crippen LogP contribution < -0.4 is 0 Å². The first-order chi connectivity index (χ1) is 26.9. The molecule has 4 N–H and O–H groups in total. The lowest BCUT2D eigenvalue weighted by molar-refractivity contribution is -0.305. The Bertz CT molecular complexity index is 895. The van der Waals surface area contributed by atoms with E-state index in [2.05, 4.69) is 38.2 Å². The summed E-state index contributed by atoms with van der Waals surface area (Å²) in [6.45, 7) is 4.55. The van der Waals surface area contributed by atoms with Crippen molar-refractivity contribution in [2.24, 2.45) is 0 Å². The van der Waals surface area contributed by atoms with Crippen LogP contribution in [0.25, 0.3) is 0 Å². The maximum Gasteiger partial charge on any atom is 0.306 e. The van der Waals surface area contributed by atoms with Crippen molar-refractivity contribution in [3.63, 3.8) is 0 Å². The van der Waals surface area contributed by atoms with Gasteiger partial charge in [-0.25, -0.2) is 0 Å². The van der Waals surface area contributed by atoms with Gasteiger partial charge in [0.1, 0.15) is 30.5 Å². The summed E-state index contributed by atoms with van der Waals surface area (Å²) >= 11 is 0. The zero-order valence-electron chi connectivity index (χ0n) is 35.4. The summed E-state index contributed by atoms with van der Waals surface area (Å²) in [7, 11) is 0. The van der Waals surface area contributed by atoms with Gasteiger partial charge in [0, 0.05) is 13.0 Å². The number of hydrogen-bond donors (Lipinski definition) is 4. The molecule has 0 amide bonds. The number of ether oxygens (including phenoxy) is 4. The van der Waals surface area contributed by atoms with Gasteiger partial charge in [0.05, 0.1) is 19.8 Å². The minimum Gasteiger partial charge on any atom is -0.457 e. The predicted molar refractivity (Wildman–Crippen MR) is 224 cm³/mol. The SMILES string of the molecule is CCCCCCC/C=C\C/C=C\CCCCCCCCCCCCCC(=O)OC(COCCCCCCCCCCC)COC1OC(CO)C(O)C(O)C1O. The largest absolute Gasteiger partial charge is 0.457 e. The molecule has 0 aromatic rings. The Hall–Kier alpha value is -1.33. The topological polar surface area (TPSA) is 135 Å². The molecule has 6 unspecified atom stereocenters. The first-order valence-corrected chi connectivity index (χ1v) is 22.9. The maximum absolute atomic E-state index is 12.8. The van der Waals surface area contributed by atoms with Crippen LogP contribution in [0.3, 0.4) is 0 Å². The number of aliphatic hydroxyl groups is 4. The fourth-order valence-electron chi connectivity index (χ4n) is 6.99. The van der Waals surface area contributed by atoms with Gasteiger partial charge >= 0.3 is 5.97 Å². The van der Waals surface area contributed by atoms with Gasteiger partial charge in [0.15, 0.2) is 6.29 Å². The van der Waals surface area contributed by atoms with Gasteiger partial charge in [-0.2, -0.15) is 0 Å². The third-order valence-corrected chi connectivity index (χ3v) is 10.6. The summed E-state index contributed by atoms with van der Waals surface area (Å²) in [6.07, 6.45) is 36.4. The summed E-state index contributed by atoms with van der Waals surface area (Å²) in [5.74, 6) is -0.315. The third-order valence-electron chi connectivity index (χ3n) is 10.6. The molecule has 1 saturated heterocycles. The predicted octanol–water partition coefficient (Wildman–Crippen LogP) is 10.2. The van der Waals surface area contributed by atoms with Crippen molar-refractivity contribution in [3.8, 4) is 0 Å². The fourth-order valence-corrected chi connectivity index (χ4v) is 6.99. The van der Waals surface area contributed by atoms with E-state index < -0.39 is 43.4 Å². The Balaban J connectivity index is 2.18. The Kier molecular flexibility index (Phi) is 35.9. The minimum absolute atomic E-state index is 0.111. The lowest BCUT2D eigenvalue weighted by atomic mass is 9.99. The van der Waals surface area contributed by atoms with Crippen molar-refractivity contribution in [3.05, 3.63) is 24.3 Å². The van der Waals surface area contributed by atoms with Crippen molar-refractivity contribution < 1.29 is 44.2 Å². The molecule has 1 aliphatic rings. The molecular formula is C46H86O9. The first-order valence-electron chi connectivity index (χ1n) is 22.9. The molecule has 1 aliphatic heterocycles. The van der Waals surface area contributed by atoms with Crippen LogP contribution in [0.2, 0.25) is 0 Å². The Morgan fingerprint density at radius 1 is 0.582 bits per heavy atom. The van der Waals surface area contributed by atoms with Crippen LogP contribution in [0.5, 0.6) is 0 Å². The van der Waals surface area contributed by atoms with Gasteiger partial charge in [0.2, 0.25) is 0 Å². The van der Waals surface area contributed by atoms with Gasteiger partial charge in [0.25, 0.3) is 0 Å². The fraction of sp³-hybridized carbons (Fsp3) is 0.891. The normalized spacial score (nSPS) is 20.9. The Labute approximate surface area is 337 Å². The van der Waals surface area contributed by atoms with E-state index in [1.165, 1.54) is 141 Å². The van der Waals surface area contributed by atoms with Crippen LogP contribution >= 0.6 is 0 Å². The molecule has 55 heavy (non-hydrogen) atoms. The summed E-state index contributed by atoms with van der Waals surface area (Å²) < 4.78 is 22.7. The van der Waals surface area contributed by atoms with Crippen LogP contribution in [-0.2, 0) is 23.7 Å². The average Bonchev–Trinajstić information content (AvgIpc) is 3.18. The monoisotopic (exact) mass is 783 g/mol. The molecule has 9 nitrogen and oxygen atoms in total. The van der Waals surface area contributed by atoms with E-state index in [-0.39, 0.29) is 19.2 Å². The zero-order chi connectivity index (χ0) is 40.0. The lowest BCUT2D eigenvalue weighted by Crippen LogP contribution is -2.59. The number of hydrogen-bond acceptors (Lipinski definition) is 9. The average molecular weight is 783 g/mol. The van der Waals surface area contributed by atoms with Crippen LogP contribution in [0.1, 0.15) is 200 Å². The second kappa shape index (κ2) is 38.2. The third kappa shape index (κ3) is 29.5. The highest BCUT2D eigenvalue weighted by atomic mass is 16.7. The highest BCUT2D eigenvalue weighted by Crippen LogP contribution is 2.22. The Morgan fingerprint density at radius 3 is 1.56 bits per heavy atom. The summed E-state index contributed by atoms with van der Waals surface area (Å²) in [5.41, 5.74) is 0. The van der Waals surface area contributed by atoms with E-state index >= 15 is 0 Å². The molecule has 0 aromatic carbocycles. The molecule has 324 valence electrons. The van der Waals surface area contributed by atoms with Gasteiger partial charge in [-0.05, 0) is 44.9 Å². The maximum atomic E-state index is 12.8. The quantitative estimate of drug-likeness (QED) is 0.0273. The number of allylic oxidation sites excluding steroid dienone is 4. The number of aliphatic hydroxyl groups excluding tert-OH is 4. The molecule has 0 aliphatic carbocycles. The van der Waals surface area contributed by atoms with Gasteiger partial charge in [-0.1, -0.05) is 173 Å². The summed E-state index contributed by atoms with van der Waals surface area (Å²) in [6, 6.07) is 0. The van der Waals surface area contributed by atoms with Crippen LogP contribution in [-0.4, -0.2) is 89.6 Å². The van der Waals surface area contributed by atoms with Crippen molar-refractivity contribution in [1.82, 2.24) is 0 Å². The van der Waals surface area contributed by atoms with E-state index in [0.29, 0.717) is 13.0 Å². The molecule has 1 rings (SSSR count). The van der Waals surface area contributed by atoms with E-state index in [1.807, 2.05) is 0 Å². The highest BCUT2D eigenvalue weighted by Gasteiger charge is 2.44. The number of esters is 1. The molecule has 0 radical (unpaired) electrons. The molecular weight excluding hydrogens is 696 g/mol. The van der Waals surface area contributed by atoms with E-state index in [1.54, 1.807) is 0 Å². The highest BCUT2D eigenvalue weighted by molar-refractivity contribution is 5.69. The number of unbranched alkanes of at least 4 members (excludes halogenated alkanes) is 24. The molecule has 0 spiro atoms. The van der Waals surface area contributed by atoms with Crippen molar-refractivity contribution in [1.29, 1.82) is 0 Å². The van der Waals surface area contributed by atoms with Gasteiger partial charge < -0.3 is 39.4 Å². The van der Waals surface area contributed by atoms with Crippen LogP contribution in [0.4, 0.5) is 0 Å². The van der Waals surface area contributed by atoms with E-state index in [4.69, 9.17) is 18.9 Å². The Morgan fingerprint density at radius 2 is 1.05 bits per heavy atom. The molecule has 9 heteroatoms. The molecule has 0 saturated carbocycles. The standard InChI is InChI=1S/C46H86O9/c1-3-5-7-9-11-13-14-15-16-17-18-19-20-21-22-23-24-25-26-27-29-31-33-35-42(48)54-40(38-52-36-34-32-30-28-12-10-8-6-4-2)39-53-46-45(51)44(50)43(49)41(37-47)55-46/h14-15,17-18,40-41,43-47,49-51H,3-13,16,19-39H2,1-2H3/b15-14-,18-17-. The van der Waals surface area contributed by atoms with E-state index in [0.717, 1.165) is 38.5 Å². The first kappa shape index (κ1) is 51.7. The van der Waals surface area contributed by atoms with Crippen molar-refractivity contribution in [2.75, 3.05) is 26.4 Å². The number of carbonyl (C=O) groups is 1. The number of carbonyl (C=O) groups excluding carboxylic acids is 1. The minimum atomic E-state index is -1.53. The molecule has 0 bridgehead atoms. The summed E-state index contributed by atoms with van der Waals surface area (Å²) in [4.78, 5) is 12.8. The molecule has 0 aromatic heterocycles. The summed E-state index contributed by atoms with van der Waals surface area (Å²) in [5, 5.41) is 40.0. The lowest BCUT2D eigenvalue weighted by Gasteiger charge is -2.39. The molecule has 1 heterocycles. The molecule has 1 fully saturated rings. The second-order valence-corrected chi connectivity index (χ2v) is 15.9. The van der Waals surface area contributed by atoms with Crippen molar-refractivity contribution >= 4 is 5.97 Å². The smallest absolute Gasteiger partial charge is 0.306 e. The second-order valence-electron chi connectivity index (χ2n) is 15.9.